The first-order chi connectivity index (χ1) is 5.89. The number of halogens is 1. The Bertz CT molecular complexity index is 266. The zero-order valence-electron chi connectivity index (χ0n) is 6.22. The van der Waals surface area contributed by atoms with E-state index in [1.807, 2.05) is 22.9 Å². The maximum absolute atomic E-state index is 5.32. The summed E-state index contributed by atoms with van der Waals surface area (Å²) in [5, 5.41) is 4.38. The third-order valence-electron chi connectivity index (χ3n) is 0.960. The van der Waals surface area contributed by atoms with Crippen molar-refractivity contribution in [1.82, 2.24) is 9.97 Å². The molecule has 2 heterocycles. The molecule has 62 valence electrons. The molecule has 2 rings (SSSR count). The highest BCUT2D eigenvalue weighted by molar-refractivity contribution is 7.07. The Hall–Kier alpha value is -0.930. The molecule has 0 aromatic carbocycles. The molecule has 2 aromatic rings. The molecule has 0 aliphatic rings. The standard InChI is InChI=1S/C4H3ClN2.C4H4S/c5-4-6-2-1-3-7-4;1-2-4-5-3-1/h1-3H;1-4H. The van der Waals surface area contributed by atoms with E-state index in [9.17, 15) is 0 Å². The maximum Gasteiger partial charge on any atom is 0.222 e. The summed E-state index contributed by atoms with van der Waals surface area (Å²) in [6, 6.07) is 5.75. The van der Waals surface area contributed by atoms with E-state index in [-0.39, 0.29) is 0 Å². The predicted molar refractivity (Wildman–Crippen MR) is 51.4 cm³/mol. The highest BCUT2D eigenvalue weighted by Gasteiger charge is 1.78. The lowest BCUT2D eigenvalue weighted by molar-refractivity contribution is 1.17. The van der Waals surface area contributed by atoms with Gasteiger partial charge in [-0.3, -0.25) is 0 Å². The lowest BCUT2D eigenvalue weighted by Gasteiger charge is -1.78. The molecule has 0 spiro atoms. The molecule has 0 aliphatic heterocycles. The van der Waals surface area contributed by atoms with E-state index in [1.54, 1.807) is 29.8 Å². The summed E-state index contributed by atoms with van der Waals surface area (Å²) in [6.07, 6.45) is 3.19. The van der Waals surface area contributed by atoms with Crippen LogP contribution in [0.5, 0.6) is 0 Å². The molecular formula is C8H7ClN2S. The number of hydrogen-bond donors (Lipinski definition) is 0. The Morgan fingerprint density at radius 1 is 1.00 bits per heavy atom. The van der Waals surface area contributed by atoms with Crippen molar-refractivity contribution in [1.29, 1.82) is 0 Å². The molecule has 0 atom stereocenters. The summed E-state index contributed by atoms with van der Waals surface area (Å²) < 4.78 is 0. The van der Waals surface area contributed by atoms with E-state index >= 15 is 0 Å². The van der Waals surface area contributed by atoms with Crippen LogP contribution in [0.3, 0.4) is 0 Å². The van der Waals surface area contributed by atoms with E-state index in [4.69, 9.17) is 11.6 Å². The Morgan fingerprint density at radius 3 is 1.83 bits per heavy atom. The molecule has 0 unspecified atom stereocenters. The van der Waals surface area contributed by atoms with Gasteiger partial charge in [-0.2, -0.15) is 11.3 Å². The van der Waals surface area contributed by atoms with Crippen molar-refractivity contribution >= 4 is 22.9 Å². The maximum atomic E-state index is 5.32. The van der Waals surface area contributed by atoms with Gasteiger partial charge < -0.3 is 0 Å². The Morgan fingerprint density at radius 2 is 1.58 bits per heavy atom. The van der Waals surface area contributed by atoms with Crippen LogP contribution in [-0.4, -0.2) is 9.97 Å². The van der Waals surface area contributed by atoms with Gasteiger partial charge in [0.15, 0.2) is 0 Å². The first-order valence-electron chi connectivity index (χ1n) is 3.29. The zero-order valence-corrected chi connectivity index (χ0v) is 7.79. The Kier molecular flexibility index (Phi) is 4.34. The van der Waals surface area contributed by atoms with Crippen molar-refractivity contribution in [3.63, 3.8) is 0 Å². The minimum atomic E-state index is 0.294. The van der Waals surface area contributed by atoms with E-state index in [1.165, 1.54) is 0 Å². The summed E-state index contributed by atoms with van der Waals surface area (Å²) in [4.78, 5) is 7.27. The number of aromatic nitrogens is 2. The van der Waals surface area contributed by atoms with Crippen LogP contribution >= 0.6 is 22.9 Å². The monoisotopic (exact) mass is 198 g/mol. The van der Waals surface area contributed by atoms with Crippen molar-refractivity contribution in [3.8, 4) is 0 Å². The fraction of sp³-hybridized carbons (Fsp3) is 0. The fourth-order valence-electron chi connectivity index (χ4n) is 0.508. The quantitative estimate of drug-likeness (QED) is 0.609. The molecule has 2 aromatic heterocycles. The van der Waals surface area contributed by atoms with Gasteiger partial charge in [0.1, 0.15) is 0 Å². The Balaban J connectivity index is 0.000000127. The highest BCUT2D eigenvalue weighted by atomic mass is 35.5. The molecular weight excluding hydrogens is 192 g/mol. The number of hydrogen-bond acceptors (Lipinski definition) is 3. The second kappa shape index (κ2) is 5.69. The number of rotatable bonds is 0. The number of nitrogens with zero attached hydrogens (tertiary/aromatic N) is 2. The lowest BCUT2D eigenvalue weighted by Crippen LogP contribution is -1.73. The first kappa shape index (κ1) is 9.16. The van der Waals surface area contributed by atoms with Crippen molar-refractivity contribution in [2.75, 3.05) is 0 Å². The van der Waals surface area contributed by atoms with Crippen molar-refractivity contribution in [2.45, 2.75) is 0 Å². The van der Waals surface area contributed by atoms with Gasteiger partial charge in [0, 0.05) is 12.4 Å². The van der Waals surface area contributed by atoms with Gasteiger partial charge in [-0.1, -0.05) is 12.1 Å². The van der Waals surface area contributed by atoms with Gasteiger partial charge >= 0.3 is 0 Å². The van der Waals surface area contributed by atoms with Gasteiger partial charge in [-0.15, -0.1) is 0 Å². The van der Waals surface area contributed by atoms with E-state index < -0.39 is 0 Å². The summed E-state index contributed by atoms with van der Waals surface area (Å²) in [5.74, 6) is 0. The predicted octanol–water partition coefficient (Wildman–Crippen LogP) is 2.88. The third kappa shape index (κ3) is 4.05. The average Bonchev–Trinajstić information content (AvgIpc) is 2.62. The van der Waals surface area contributed by atoms with Crippen LogP contribution < -0.4 is 0 Å². The third-order valence-corrected chi connectivity index (χ3v) is 1.78. The van der Waals surface area contributed by atoms with E-state index in [0.29, 0.717) is 5.28 Å². The highest BCUT2D eigenvalue weighted by Crippen LogP contribution is 1.92. The summed E-state index contributed by atoms with van der Waals surface area (Å²) >= 11 is 7.03. The Labute approximate surface area is 79.9 Å². The average molecular weight is 199 g/mol. The molecule has 12 heavy (non-hydrogen) atoms. The van der Waals surface area contributed by atoms with Crippen LogP contribution in [0, 0.1) is 0 Å². The lowest BCUT2D eigenvalue weighted by atomic mass is 10.7. The minimum absolute atomic E-state index is 0.294. The topological polar surface area (TPSA) is 25.8 Å². The van der Waals surface area contributed by atoms with Gasteiger partial charge in [0.2, 0.25) is 5.28 Å². The zero-order chi connectivity index (χ0) is 8.65. The largest absolute Gasteiger partial charge is 0.227 e. The van der Waals surface area contributed by atoms with Gasteiger partial charge in [0.25, 0.3) is 0 Å². The fourth-order valence-corrected chi connectivity index (χ4v) is 1.07. The minimum Gasteiger partial charge on any atom is -0.227 e. The van der Waals surface area contributed by atoms with E-state index in [2.05, 4.69) is 9.97 Å². The van der Waals surface area contributed by atoms with Crippen LogP contribution in [0.1, 0.15) is 0 Å². The first-order valence-corrected chi connectivity index (χ1v) is 4.61. The summed E-state index contributed by atoms with van der Waals surface area (Å²) in [7, 11) is 0. The van der Waals surface area contributed by atoms with Crippen LogP contribution in [-0.2, 0) is 0 Å². The van der Waals surface area contributed by atoms with Gasteiger partial charge in [0.05, 0.1) is 0 Å². The van der Waals surface area contributed by atoms with Crippen LogP contribution in [0.15, 0.2) is 41.4 Å². The molecule has 0 radical (unpaired) electrons. The van der Waals surface area contributed by atoms with Gasteiger partial charge in [-0.05, 0) is 28.4 Å². The SMILES string of the molecule is Clc1ncccn1.c1ccsc1. The van der Waals surface area contributed by atoms with Gasteiger partial charge in [-0.25, -0.2) is 9.97 Å². The van der Waals surface area contributed by atoms with Crippen LogP contribution in [0.25, 0.3) is 0 Å². The molecule has 0 amide bonds. The van der Waals surface area contributed by atoms with Crippen LogP contribution in [0.2, 0.25) is 5.28 Å². The number of thiophene rings is 1. The van der Waals surface area contributed by atoms with Crippen molar-refractivity contribution < 1.29 is 0 Å². The summed E-state index contributed by atoms with van der Waals surface area (Å²) in [5.41, 5.74) is 0. The normalized spacial score (nSPS) is 8.42. The molecule has 0 saturated carbocycles. The van der Waals surface area contributed by atoms with E-state index in [0.717, 1.165) is 0 Å². The molecule has 0 bridgehead atoms. The molecule has 0 aliphatic carbocycles. The second-order valence-electron chi connectivity index (χ2n) is 1.81. The molecule has 0 fully saturated rings. The molecule has 2 nitrogen and oxygen atoms in total. The molecule has 0 saturated heterocycles. The van der Waals surface area contributed by atoms with Crippen LogP contribution in [0.4, 0.5) is 0 Å². The smallest absolute Gasteiger partial charge is 0.222 e. The van der Waals surface area contributed by atoms with Crippen molar-refractivity contribution in [3.05, 3.63) is 46.6 Å². The molecule has 4 heteroatoms. The summed E-state index contributed by atoms with van der Waals surface area (Å²) in [6.45, 7) is 0. The van der Waals surface area contributed by atoms with Crippen molar-refractivity contribution in [2.24, 2.45) is 0 Å². The second-order valence-corrected chi connectivity index (χ2v) is 2.97. The molecule has 0 N–H and O–H groups in total.